The van der Waals surface area contributed by atoms with Gasteiger partial charge in [-0.25, -0.2) is 0 Å². The van der Waals surface area contributed by atoms with Gasteiger partial charge in [0.05, 0.1) is 5.56 Å². The molecule has 0 radical (unpaired) electrons. The number of hydrogen-bond donors (Lipinski definition) is 1. The number of aryl methyl sites for hydroxylation is 1. The van der Waals surface area contributed by atoms with E-state index in [9.17, 15) is 0 Å². The van der Waals surface area contributed by atoms with Gasteiger partial charge >= 0.3 is 0 Å². The standard InChI is InChI=1S/C16H14ClN3O/c1-10-3-2-4-13(18)15(10)16-19-14(20-21-16)9-11-5-7-12(17)8-6-11/h2-8H,9,18H2,1H3. The first-order valence-corrected chi connectivity index (χ1v) is 6.94. The second-order valence-electron chi connectivity index (χ2n) is 4.86. The molecule has 3 rings (SSSR count). The minimum Gasteiger partial charge on any atom is -0.398 e. The van der Waals surface area contributed by atoms with Gasteiger partial charge in [0.15, 0.2) is 5.82 Å². The Hall–Kier alpha value is -2.33. The molecule has 0 aliphatic heterocycles. The highest BCUT2D eigenvalue weighted by Crippen LogP contribution is 2.28. The molecule has 5 heteroatoms. The van der Waals surface area contributed by atoms with E-state index in [1.54, 1.807) is 0 Å². The summed E-state index contributed by atoms with van der Waals surface area (Å²) in [4.78, 5) is 4.43. The molecule has 1 heterocycles. The van der Waals surface area contributed by atoms with Gasteiger partial charge in [0.1, 0.15) is 0 Å². The average Bonchev–Trinajstić information content (AvgIpc) is 2.89. The smallest absolute Gasteiger partial charge is 0.260 e. The zero-order valence-electron chi connectivity index (χ0n) is 11.5. The largest absolute Gasteiger partial charge is 0.398 e. The van der Waals surface area contributed by atoms with Crippen molar-refractivity contribution < 1.29 is 4.52 Å². The first-order chi connectivity index (χ1) is 10.1. The van der Waals surface area contributed by atoms with E-state index in [2.05, 4.69) is 10.1 Å². The van der Waals surface area contributed by atoms with Crippen molar-refractivity contribution in [2.75, 3.05) is 5.73 Å². The highest BCUT2D eigenvalue weighted by Gasteiger charge is 2.14. The molecule has 0 atom stereocenters. The lowest BCUT2D eigenvalue weighted by molar-refractivity contribution is 0.424. The van der Waals surface area contributed by atoms with Gasteiger partial charge in [-0.05, 0) is 36.2 Å². The van der Waals surface area contributed by atoms with E-state index in [1.807, 2.05) is 49.4 Å². The quantitative estimate of drug-likeness (QED) is 0.746. The molecule has 2 N–H and O–H groups in total. The van der Waals surface area contributed by atoms with Crippen LogP contribution in [-0.4, -0.2) is 10.1 Å². The van der Waals surface area contributed by atoms with Crippen LogP contribution in [0.15, 0.2) is 47.0 Å². The van der Waals surface area contributed by atoms with Crippen molar-refractivity contribution in [3.63, 3.8) is 0 Å². The Labute approximate surface area is 127 Å². The zero-order chi connectivity index (χ0) is 14.8. The third kappa shape index (κ3) is 2.90. The van der Waals surface area contributed by atoms with Crippen LogP contribution in [0.25, 0.3) is 11.5 Å². The molecule has 0 saturated carbocycles. The number of anilines is 1. The van der Waals surface area contributed by atoms with E-state index in [0.29, 0.717) is 28.8 Å². The molecule has 0 spiro atoms. The summed E-state index contributed by atoms with van der Waals surface area (Å²) in [6.07, 6.45) is 0.590. The number of nitrogens with two attached hydrogens (primary N) is 1. The van der Waals surface area contributed by atoms with Crippen LogP contribution in [0.3, 0.4) is 0 Å². The second-order valence-corrected chi connectivity index (χ2v) is 5.29. The molecule has 0 fully saturated rings. The second kappa shape index (κ2) is 5.58. The minimum atomic E-state index is 0.453. The molecule has 0 unspecified atom stereocenters. The zero-order valence-corrected chi connectivity index (χ0v) is 12.3. The lowest BCUT2D eigenvalue weighted by atomic mass is 10.1. The molecule has 0 bridgehead atoms. The van der Waals surface area contributed by atoms with Crippen LogP contribution in [0, 0.1) is 6.92 Å². The molecule has 0 amide bonds. The van der Waals surface area contributed by atoms with Crippen molar-refractivity contribution in [2.24, 2.45) is 0 Å². The van der Waals surface area contributed by atoms with Crippen molar-refractivity contribution in [1.29, 1.82) is 0 Å². The maximum Gasteiger partial charge on any atom is 0.260 e. The van der Waals surface area contributed by atoms with E-state index < -0.39 is 0 Å². The van der Waals surface area contributed by atoms with Crippen LogP contribution in [0.4, 0.5) is 5.69 Å². The summed E-state index contributed by atoms with van der Waals surface area (Å²) < 4.78 is 5.34. The summed E-state index contributed by atoms with van der Waals surface area (Å²) >= 11 is 5.87. The summed E-state index contributed by atoms with van der Waals surface area (Å²) in [5.74, 6) is 1.07. The topological polar surface area (TPSA) is 64.9 Å². The lowest BCUT2D eigenvalue weighted by Gasteiger charge is -2.03. The number of benzene rings is 2. The first kappa shape index (κ1) is 13.6. The molecular weight excluding hydrogens is 286 g/mol. The van der Waals surface area contributed by atoms with Gasteiger partial charge in [0.2, 0.25) is 0 Å². The van der Waals surface area contributed by atoms with Crippen molar-refractivity contribution in [3.8, 4) is 11.5 Å². The van der Waals surface area contributed by atoms with Crippen LogP contribution in [0.1, 0.15) is 17.0 Å². The fraction of sp³-hybridized carbons (Fsp3) is 0.125. The Bertz CT molecular complexity index is 745. The lowest BCUT2D eigenvalue weighted by Crippen LogP contribution is -1.94. The fourth-order valence-electron chi connectivity index (χ4n) is 2.19. The summed E-state index contributed by atoms with van der Waals surface area (Å²) in [7, 11) is 0. The number of halogens is 1. The Kier molecular flexibility index (Phi) is 3.62. The van der Waals surface area contributed by atoms with E-state index in [1.165, 1.54) is 0 Å². The van der Waals surface area contributed by atoms with Gasteiger partial charge in [-0.1, -0.05) is 41.0 Å². The van der Waals surface area contributed by atoms with E-state index in [4.69, 9.17) is 21.9 Å². The average molecular weight is 300 g/mol. The van der Waals surface area contributed by atoms with Gasteiger partial charge in [0, 0.05) is 17.1 Å². The number of nitrogens with zero attached hydrogens (tertiary/aromatic N) is 2. The number of rotatable bonds is 3. The number of nitrogen functional groups attached to an aromatic ring is 1. The monoisotopic (exact) mass is 299 g/mol. The Balaban J connectivity index is 1.88. The maximum atomic E-state index is 5.99. The van der Waals surface area contributed by atoms with Crippen LogP contribution in [0.2, 0.25) is 5.02 Å². The predicted octanol–water partition coefficient (Wildman–Crippen LogP) is 3.87. The molecule has 3 aromatic rings. The highest BCUT2D eigenvalue weighted by molar-refractivity contribution is 6.30. The number of hydrogen-bond acceptors (Lipinski definition) is 4. The molecule has 106 valence electrons. The summed E-state index contributed by atoms with van der Waals surface area (Å²) in [6.45, 7) is 1.97. The van der Waals surface area contributed by atoms with Crippen molar-refractivity contribution in [3.05, 3.63) is 64.4 Å². The Morgan fingerprint density at radius 2 is 1.90 bits per heavy atom. The Morgan fingerprint density at radius 3 is 2.62 bits per heavy atom. The van der Waals surface area contributed by atoms with E-state index in [0.717, 1.165) is 16.7 Å². The molecular formula is C16H14ClN3O. The summed E-state index contributed by atoms with van der Waals surface area (Å²) in [5.41, 5.74) is 9.51. The molecule has 21 heavy (non-hydrogen) atoms. The first-order valence-electron chi connectivity index (χ1n) is 6.56. The van der Waals surface area contributed by atoms with Crippen molar-refractivity contribution in [2.45, 2.75) is 13.3 Å². The molecule has 0 saturated heterocycles. The third-order valence-corrected chi connectivity index (χ3v) is 3.51. The molecule has 2 aromatic carbocycles. The normalized spacial score (nSPS) is 10.8. The predicted molar refractivity (Wildman–Crippen MR) is 83.1 cm³/mol. The van der Waals surface area contributed by atoms with Gasteiger partial charge < -0.3 is 10.3 Å². The van der Waals surface area contributed by atoms with Gasteiger partial charge in [-0.2, -0.15) is 4.98 Å². The molecule has 1 aromatic heterocycles. The van der Waals surface area contributed by atoms with Crippen LogP contribution in [-0.2, 0) is 6.42 Å². The van der Waals surface area contributed by atoms with Crippen LogP contribution >= 0.6 is 11.6 Å². The molecule has 0 aliphatic carbocycles. The molecule has 0 aliphatic rings. The summed E-state index contributed by atoms with van der Waals surface area (Å²) in [5, 5.41) is 4.73. The third-order valence-electron chi connectivity index (χ3n) is 3.26. The van der Waals surface area contributed by atoms with E-state index >= 15 is 0 Å². The van der Waals surface area contributed by atoms with Crippen molar-refractivity contribution in [1.82, 2.24) is 10.1 Å². The highest BCUT2D eigenvalue weighted by atomic mass is 35.5. The Morgan fingerprint density at radius 1 is 1.14 bits per heavy atom. The van der Waals surface area contributed by atoms with Gasteiger partial charge in [-0.3, -0.25) is 0 Å². The maximum absolute atomic E-state index is 5.99. The summed E-state index contributed by atoms with van der Waals surface area (Å²) in [6, 6.07) is 13.3. The van der Waals surface area contributed by atoms with Gasteiger partial charge in [0.25, 0.3) is 5.89 Å². The number of aromatic nitrogens is 2. The van der Waals surface area contributed by atoms with E-state index in [-0.39, 0.29) is 0 Å². The van der Waals surface area contributed by atoms with Crippen LogP contribution in [0.5, 0.6) is 0 Å². The fourth-order valence-corrected chi connectivity index (χ4v) is 2.32. The minimum absolute atomic E-state index is 0.453. The van der Waals surface area contributed by atoms with Gasteiger partial charge in [-0.15, -0.1) is 0 Å². The SMILES string of the molecule is Cc1cccc(N)c1-c1nc(Cc2ccc(Cl)cc2)no1. The van der Waals surface area contributed by atoms with Crippen molar-refractivity contribution >= 4 is 17.3 Å². The van der Waals surface area contributed by atoms with Crippen LogP contribution < -0.4 is 5.73 Å². The molecule has 4 nitrogen and oxygen atoms in total.